The predicted octanol–water partition coefficient (Wildman–Crippen LogP) is 4.52. The Morgan fingerprint density at radius 2 is 1.65 bits per heavy atom. The molecule has 172 valence electrons. The highest BCUT2D eigenvalue weighted by Gasteiger charge is 2.40. The standard InChI is InChI=1S/C25H20FN3O5/c1-2-34-21-10-6-5-9-20(21)27-23-22(16-11-13-18(14-12-16)29(32)33)24(30)28(25(23)31)15-17-7-3-4-8-19(17)26/h3-14,27H,2,15H2,1H3. The van der Waals surface area contributed by atoms with E-state index in [-0.39, 0.29) is 29.1 Å². The van der Waals surface area contributed by atoms with Crippen LogP contribution in [0.2, 0.25) is 0 Å². The predicted molar refractivity (Wildman–Crippen MR) is 123 cm³/mol. The Labute approximate surface area is 194 Å². The van der Waals surface area contributed by atoms with Crippen molar-refractivity contribution < 1.29 is 23.6 Å². The molecule has 1 heterocycles. The third-order valence-electron chi connectivity index (χ3n) is 5.27. The number of halogens is 1. The number of ether oxygens (including phenoxy) is 1. The number of rotatable bonds is 8. The van der Waals surface area contributed by atoms with Crippen molar-refractivity contribution in [1.29, 1.82) is 0 Å². The number of non-ortho nitro benzene ring substituents is 1. The fourth-order valence-electron chi connectivity index (χ4n) is 3.64. The van der Waals surface area contributed by atoms with Gasteiger partial charge in [-0.3, -0.25) is 24.6 Å². The molecule has 0 saturated carbocycles. The molecule has 0 aromatic heterocycles. The van der Waals surface area contributed by atoms with Crippen molar-refractivity contribution in [2.45, 2.75) is 13.5 Å². The summed E-state index contributed by atoms with van der Waals surface area (Å²) in [5, 5.41) is 14.0. The number of amides is 2. The largest absolute Gasteiger partial charge is 0.492 e. The molecule has 2 amide bonds. The summed E-state index contributed by atoms with van der Waals surface area (Å²) in [6.07, 6.45) is 0. The van der Waals surface area contributed by atoms with E-state index in [0.717, 1.165) is 4.90 Å². The van der Waals surface area contributed by atoms with Gasteiger partial charge in [0.2, 0.25) is 0 Å². The minimum atomic E-state index is -0.645. The van der Waals surface area contributed by atoms with Crippen LogP contribution >= 0.6 is 0 Å². The van der Waals surface area contributed by atoms with Crippen molar-refractivity contribution in [2.24, 2.45) is 0 Å². The average Bonchev–Trinajstić information content (AvgIpc) is 3.06. The van der Waals surface area contributed by atoms with Gasteiger partial charge < -0.3 is 10.1 Å². The zero-order valence-electron chi connectivity index (χ0n) is 18.2. The number of anilines is 1. The van der Waals surface area contributed by atoms with Gasteiger partial charge in [0.1, 0.15) is 17.3 Å². The van der Waals surface area contributed by atoms with Crippen LogP contribution in [0.5, 0.6) is 5.75 Å². The summed E-state index contributed by atoms with van der Waals surface area (Å²) in [6.45, 7) is 1.94. The van der Waals surface area contributed by atoms with Gasteiger partial charge in [0.15, 0.2) is 0 Å². The van der Waals surface area contributed by atoms with Crippen LogP contribution in [0.1, 0.15) is 18.1 Å². The molecule has 4 rings (SSSR count). The minimum absolute atomic E-state index is 0.0256. The molecule has 0 fully saturated rings. The van der Waals surface area contributed by atoms with E-state index in [0.29, 0.717) is 23.6 Å². The molecule has 3 aromatic carbocycles. The fourth-order valence-corrected chi connectivity index (χ4v) is 3.64. The number of carbonyl (C=O) groups excluding carboxylic acids is 2. The summed E-state index contributed by atoms with van der Waals surface area (Å²) in [5.41, 5.74) is 0.817. The maximum atomic E-state index is 14.3. The van der Waals surface area contributed by atoms with Gasteiger partial charge in [-0.2, -0.15) is 0 Å². The molecule has 1 aliphatic rings. The summed E-state index contributed by atoms with van der Waals surface area (Å²) in [6, 6.07) is 18.1. The number of carbonyl (C=O) groups is 2. The molecule has 9 heteroatoms. The SMILES string of the molecule is CCOc1ccccc1NC1=C(c2ccc([N+](=O)[O-])cc2)C(=O)N(Cc2ccccc2F)C1=O. The normalized spacial score (nSPS) is 13.4. The summed E-state index contributed by atoms with van der Waals surface area (Å²) < 4.78 is 19.9. The average molecular weight is 461 g/mol. The molecule has 1 N–H and O–H groups in total. The topological polar surface area (TPSA) is 102 Å². The highest BCUT2D eigenvalue weighted by atomic mass is 19.1. The maximum absolute atomic E-state index is 14.3. The van der Waals surface area contributed by atoms with E-state index in [4.69, 9.17) is 4.74 Å². The quantitative estimate of drug-likeness (QED) is 0.301. The van der Waals surface area contributed by atoms with Gasteiger partial charge in [0.05, 0.1) is 29.3 Å². The summed E-state index contributed by atoms with van der Waals surface area (Å²) in [4.78, 5) is 38.2. The Morgan fingerprint density at radius 3 is 2.32 bits per heavy atom. The van der Waals surface area contributed by atoms with Gasteiger partial charge in [-0.25, -0.2) is 4.39 Å². The number of hydrogen-bond donors (Lipinski definition) is 1. The van der Waals surface area contributed by atoms with Crippen molar-refractivity contribution in [3.8, 4) is 5.75 Å². The number of para-hydroxylation sites is 2. The first-order valence-electron chi connectivity index (χ1n) is 10.5. The number of nitrogens with one attached hydrogen (secondary N) is 1. The number of nitro groups is 1. The number of hydrogen-bond acceptors (Lipinski definition) is 6. The smallest absolute Gasteiger partial charge is 0.278 e. The zero-order valence-corrected chi connectivity index (χ0v) is 18.2. The van der Waals surface area contributed by atoms with E-state index in [1.54, 1.807) is 30.3 Å². The zero-order chi connectivity index (χ0) is 24.2. The number of nitro benzene ring substituents is 1. The summed E-state index contributed by atoms with van der Waals surface area (Å²) in [5.74, 6) is -1.34. The van der Waals surface area contributed by atoms with Crippen LogP contribution in [-0.4, -0.2) is 28.2 Å². The summed E-state index contributed by atoms with van der Waals surface area (Å²) >= 11 is 0. The number of benzene rings is 3. The van der Waals surface area contributed by atoms with E-state index in [1.165, 1.54) is 42.5 Å². The van der Waals surface area contributed by atoms with Crippen LogP contribution in [0.25, 0.3) is 5.57 Å². The molecule has 0 atom stereocenters. The Kier molecular flexibility index (Phi) is 6.35. The minimum Gasteiger partial charge on any atom is -0.492 e. The molecule has 8 nitrogen and oxygen atoms in total. The van der Waals surface area contributed by atoms with Crippen LogP contribution < -0.4 is 10.1 Å². The lowest BCUT2D eigenvalue weighted by Crippen LogP contribution is -2.32. The second kappa shape index (κ2) is 9.53. The lowest BCUT2D eigenvalue weighted by Gasteiger charge is -2.16. The van der Waals surface area contributed by atoms with Gasteiger partial charge in [-0.1, -0.05) is 30.3 Å². The Hall–Kier alpha value is -4.53. The monoisotopic (exact) mass is 461 g/mol. The molecule has 34 heavy (non-hydrogen) atoms. The molecular formula is C25H20FN3O5. The second-order valence-electron chi connectivity index (χ2n) is 7.40. The highest BCUT2D eigenvalue weighted by molar-refractivity contribution is 6.36. The van der Waals surface area contributed by atoms with Crippen LogP contribution in [-0.2, 0) is 16.1 Å². The maximum Gasteiger partial charge on any atom is 0.278 e. The van der Waals surface area contributed by atoms with Crippen LogP contribution in [0.4, 0.5) is 15.8 Å². The van der Waals surface area contributed by atoms with Crippen molar-refractivity contribution in [1.82, 2.24) is 4.90 Å². The molecule has 0 unspecified atom stereocenters. The van der Waals surface area contributed by atoms with E-state index >= 15 is 0 Å². The van der Waals surface area contributed by atoms with E-state index in [1.807, 2.05) is 6.92 Å². The Balaban J connectivity index is 1.77. The second-order valence-corrected chi connectivity index (χ2v) is 7.40. The van der Waals surface area contributed by atoms with Crippen LogP contribution in [0.3, 0.4) is 0 Å². The number of imide groups is 1. The molecule has 3 aromatic rings. The van der Waals surface area contributed by atoms with Gasteiger partial charge >= 0.3 is 0 Å². The first kappa shape index (κ1) is 22.7. The lowest BCUT2D eigenvalue weighted by atomic mass is 10.0. The van der Waals surface area contributed by atoms with Crippen molar-refractivity contribution in [3.05, 3.63) is 106 Å². The Morgan fingerprint density at radius 1 is 0.971 bits per heavy atom. The number of nitrogens with zero attached hydrogens (tertiary/aromatic N) is 2. The summed E-state index contributed by atoms with van der Waals surface area (Å²) in [7, 11) is 0. The fraction of sp³-hybridized carbons (Fsp3) is 0.120. The molecule has 0 radical (unpaired) electrons. The molecule has 0 aliphatic carbocycles. The molecule has 0 spiro atoms. The van der Waals surface area contributed by atoms with Crippen molar-refractivity contribution >= 4 is 28.8 Å². The van der Waals surface area contributed by atoms with Gasteiger partial charge in [0.25, 0.3) is 17.5 Å². The van der Waals surface area contributed by atoms with Crippen LogP contribution in [0, 0.1) is 15.9 Å². The first-order chi connectivity index (χ1) is 16.4. The van der Waals surface area contributed by atoms with Gasteiger partial charge in [-0.15, -0.1) is 0 Å². The molecule has 0 bridgehead atoms. The molecular weight excluding hydrogens is 441 g/mol. The third kappa shape index (κ3) is 4.36. The lowest BCUT2D eigenvalue weighted by molar-refractivity contribution is -0.384. The highest BCUT2D eigenvalue weighted by Crippen LogP contribution is 2.34. The van der Waals surface area contributed by atoms with E-state index < -0.39 is 22.6 Å². The van der Waals surface area contributed by atoms with Crippen molar-refractivity contribution in [3.63, 3.8) is 0 Å². The van der Waals surface area contributed by atoms with E-state index in [9.17, 15) is 24.1 Å². The van der Waals surface area contributed by atoms with Gasteiger partial charge in [-0.05, 0) is 42.8 Å². The van der Waals surface area contributed by atoms with Gasteiger partial charge in [0, 0.05) is 17.7 Å². The van der Waals surface area contributed by atoms with Crippen LogP contribution in [0.15, 0.2) is 78.5 Å². The Bertz CT molecular complexity index is 1300. The van der Waals surface area contributed by atoms with Crippen molar-refractivity contribution in [2.75, 3.05) is 11.9 Å². The molecule has 0 saturated heterocycles. The van der Waals surface area contributed by atoms with E-state index in [2.05, 4.69) is 5.32 Å². The molecule has 1 aliphatic heterocycles. The first-order valence-corrected chi connectivity index (χ1v) is 10.5. The third-order valence-corrected chi connectivity index (χ3v) is 5.27.